The van der Waals surface area contributed by atoms with Crippen molar-refractivity contribution in [1.82, 2.24) is 20.6 Å². The second-order valence-corrected chi connectivity index (χ2v) is 6.65. The van der Waals surface area contributed by atoms with E-state index < -0.39 is 5.60 Å². The Hall–Kier alpha value is -1.69. The second-order valence-electron chi connectivity index (χ2n) is 6.65. The van der Waals surface area contributed by atoms with E-state index in [1.165, 1.54) is 12.8 Å². The van der Waals surface area contributed by atoms with Crippen LogP contribution in [-0.4, -0.2) is 41.3 Å². The predicted molar refractivity (Wildman–Crippen MR) is 89.0 cm³/mol. The van der Waals surface area contributed by atoms with Crippen LogP contribution in [0.4, 0.5) is 4.79 Å². The van der Waals surface area contributed by atoms with E-state index in [0.29, 0.717) is 19.0 Å². The summed E-state index contributed by atoms with van der Waals surface area (Å²) in [6.45, 7) is 7.64. The lowest BCUT2D eigenvalue weighted by Gasteiger charge is -2.19. The molecule has 22 heavy (non-hydrogen) atoms. The summed E-state index contributed by atoms with van der Waals surface area (Å²) in [5.41, 5.74) is 0.682. The van der Waals surface area contributed by atoms with Gasteiger partial charge < -0.3 is 15.4 Å². The lowest BCUT2D eigenvalue weighted by molar-refractivity contribution is 0.0528. The van der Waals surface area contributed by atoms with E-state index in [1.807, 2.05) is 33.2 Å². The molecule has 2 rings (SSSR count). The van der Waals surface area contributed by atoms with Crippen LogP contribution in [0, 0.1) is 0 Å². The average molecular weight is 310 g/mol. The molecule has 6 nitrogen and oxygen atoms in total. The van der Waals surface area contributed by atoms with E-state index in [2.05, 4.69) is 20.6 Å². The van der Waals surface area contributed by atoms with E-state index in [9.17, 15) is 4.79 Å². The Morgan fingerprint density at radius 1 is 1.27 bits per heavy atom. The summed E-state index contributed by atoms with van der Waals surface area (Å²) in [7, 11) is 0. The third-order valence-electron chi connectivity index (χ3n) is 3.23. The third kappa shape index (κ3) is 6.39. The van der Waals surface area contributed by atoms with E-state index in [4.69, 9.17) is 4.74 Å². The lowest BCUT2D eigenvalue weighted by atomic mass is 10.2. The minimum Gasteiger partial charge on any atom is -0.444 e. The van der Waals surface area contributed by atoms with Crippen molar-refractivity contribution in [1.29, 1.82) is 0 Å². The van der Waals surface area contributed by atoms with Crippen LogP contribution >= 0.6 is 0 Å². The van der Waals surface area contributed by atoms with Gasteiger partial charge >= 0.3 is 6.09 Å². The van der Waals surface area contributed by atoms with Crippen molar-refractivity contribution in [2.75, 3.05) is 19.6 Å². The Kier molecular flexibility index (Phi) is 5.71. The highest BCUT2D eigenvalue weighted by molar-refractivity contribution is 5.67. The normalized spacial score (nSPS) is 14.7. The summed E-state index contributed by atoms with van der Waals surface area (Å²) in [5.74, 6) is 1.59. The first-order valence-corrected chi connectivity index (χ1v) is 7.92. The van der Waals surface area contributed by atoms with Crippen molar-refractivity contribution in [2.24, 2.45) is 0 Å². The number of alkyl carbamates (subject to hydrolysis) is 1. The minimum atomic E-state index is -0.454. The largest absolute Gasteiger partial charge is 0.444 e. The number of carbonyl (C=O) groups is 1. The number of ether oxygens (including phenoxy) is 1. The molecule has 6 heteroatoms. The maximum Gasteiger partial charge on any atom is 0.407 e. The number of rotatable bonds is 7. The maximum atomic E-state index is 11.4. The summed E-state index contributed by atoms with van der Waals surface area (Å²) < 4.78 is 5.15. The van der Waals surface area contributed by atoms with Gasteiger partial charge in [-0.3, -0.25) is 0 Å². The van der Waals surface area contributed by atoms with E-state index in [-0.39, 0.29) is 8.95 Å². The molecule has 0 bridgehead atoms. The Labute approximate surface area is 135 Å². The standard InChI is InChI=1S/C16H26N4O2.2H2/c1-16(2,3)22-15(21)18-9-8-17-7-6-12-10-19-14(20-11-12)13-4-5-13;;/h10-11,13,17H,4-9H2,1-3H3,(H,18,21);2*1H. The molecule has 0 spiro atoms. The van der Waals surface area contributed by atoms with Gasteiger partial charge in [-0.25, -0.2) is 14.8 Å². The number of aromatic nitrogens is 2. The van der Waals surface area contributed by atoms with Crippen LogP contribution in [0.1, 0.15) is 53.8 Å². The van der Waals surface area contributed by atoms with Crippen molar-refractivity contribution in [2.45, 2.75) is 51.6 Å². The molecule has 126 valence electrons. The zero-order valence-corrected chi connectivity index (χ0v) is 13.7. The average Bonchev–Trinajstić information content (AvgIpc) is 3.26. The second kappa shape index (κ2) is 7.54. The molecule has 0 aromatic carbocycles. The Balaban J connectivity index is 0.00000264. The zero-order valence-electron chi connectivity index (χ0n) is 13.7. The molecular formula is C16H30N4O2. The van der Waals surface area contributed by atoms with Gasteiger partial charge in [-0.1, -0.05) is 0 Å². The van der Waals surface area contributed by atoms with E-state index in [1.54, 1.807) is 0 Å². The van der Waals surface area contributed by atoms with Crippen molar-refractivity contribution < 1.29 is 12.4 Å². The smallest absolute Gasteiger partial charge is 0.407 e. The van der Waals surface area contributed by atoms with Crippen LogP contribution in [0.5, 0.6) is 0 Å². The molecule has 1 amide bonds. The number of hydrogen-bond donors (Lipinski definition) is 2. The number of nitrogens with zero attached hydrogens (tertiary/aromatic N) is 2. The van der Waals surface area contributed by atoms with Crippen molar-refractivity contribution in [3.05, 3.63) is 23.8 Å². The van der Waals surface area contributed by atoms with Gasteiger partial charge in [0, 0.05) is 34.3 Å². The van der Waals surface area contributed by atoms with Crippen molar-refractivity contribution >= 4 is 6.09 Å². The Bertz CT molecular complexity index is 488. The van der Waals surface area contributed by atoms with Crippen LogP contribution in [0.3, 0.4) is 0 Å². The highest BCUT2D eigenvalue weighted by atomic mass is 16.6. The predicted octanol–water partition coefficient (Wildman–Crippen LogP) is 2.50. The maximum absolute atomic E-state index is 11.4. The SMILES string of the molecule is CC(C)(C)OC(=O)NCCNCCc1cnc(C2CC2)nc1.[HH].[HH]. The third-order valence-corrected chi connectivity index (χ3v) is 3.23. The van der Waals surface area contributed by atoms with Crippen molar-refractivity contribution in [3.63, 3.8) is 0 Å². The molecule has 1 aliphatic carbocycles. The molecule has 0 atom stereocenters. The van der Waals surface area contributed by atoms with Gasteiger partial charge in [0.1, 0.15) is 11.4 Å². The minimum absolute atomic E-state index is 0. The molecule has 1 aromatic heterocycles. The number of amides is 1. The quantitative estimate of drug-likeness (QED) is 0.757. The van der Waals surface area contributed by atoms with Gasteiger partial charge in [0.2, 0.25) is 0 Å². The summed E-state index contributed by atoms with van der Waals surface area (Å²) in [6.07, 6.45) is 6.80. The van der Waals surface area contributed by atoms with Gasteiger partial charge in [0.05, 0.1) is 0 Å². The molecule has 1 heterocycles. The molecule has 0 aliphatic heterocycles. The summed E-state index contributed by atoms with van der Waals surface area (Å²) >= 11 is 0. The van der Waals surface area contributed by atoms with Gasteiger partial charge in [-0.05, 0) is 52.1 Å². The molecule has 0 saturated heterocycles. The fraction of sp³-hybridized carbons (Fsp3) is 0.688. The fourth-order valence-corrected chi connectivity index (χ4v) is 1.97. The topological polar surface area (TPSA) is 76.1 Å². The number of hydrogen-bond acceptors (Lipinski definition) is 5. The molecule has 0 radical (unpaired) electrons. The monoisotopic (exact) mass is 310 g/mol. The van der Waals surface area contributed by atoms with Crippen LogP contribution in [-0.2, 0) is 11.2 Å². The highest BCUT2D eigenvalue weighted by Gasteiger charge is 2.25. The fourth-order valence-electron chi connectivity index (χ4n) is 1.97. The Morgan fingerprint density at radius 2 is 1.95 bits per heavy atom. The van der Waals surface area contributed by atoms with E-state index in [0.717, 1.165) is 24.4 Å². The van der Waals surface area contributed by atoms with Crippen molar-refractivity contribution in [3.8, 4) is 0 Å². The van der Waals surface area contributed by atoms with Crippen LogP contribution in [0.2, 0.25) is 0 Å². The zero-order chi connectivity index (χ0) is 16.0. The van der Waals surface area contributed by atoms with Gasteiger partial charge in [-0.2, -0.15) is 0 Å². The van der Waals surface area contributed by atoms with E-state index >= 15 is 0 Å². The van der Waals surface area contributed by atoms with Gasteiger partial charge in [-0.15, -0.1) is 0 Å². The molecule has 1 aromatic rings. The molecular weight excluding hydrogens is 280 g/mol. The number of nitrogens with one attached hydrogen (secondary N) is 2. The van der Waals surface area contributed by atoms with Gasteiger partial charge in [0.15, 0.2) is 0 Å². The molecule has 1 saturated carbocycles. The lowest BCUT2D eigenvalue weighted by Crippen LogP contribution is -2.36. The molecule has 2 N–H and O–H groups in total. The first kappa shape index (κ1) is 16.7. The summed E-state index contributed by atoms with van der Waals surface area (Å²) in [6, 6.07) is 0. The number of carbonyl (C=O) groups excluding carboxylic acids is 1. The first-order valence-electron chi connectivity index (χ1n) is 7.92. The van der Waals surface area contributed by atoms with Crippen LogP contribution in [0.15, 0.2) is 12.4 Å². The highest BCUT2D eigenvalue weighted by Crippen LogP contribution is 2.37. The van der Waals surface area contributed by atoms with Gasteiger partial charge in [0.25, 0.3) is 0 Å². The van der Waals surface area contributed by atoms with Crippen LogP contribution < -0.4 is 10.6 Å². The Morgan fingerprint density at radius 3 is 2.55 bits per heavy atom. The first-order chi connectivity index (χ1) is 10.4. The molecule has 1 aliphatic rings. The summed E-state index contributed by atoms with van der Waals surface area (Å²) in [5, 5.41) is 5.99. The molecule has 1 fully saturated rings. The van der Waals surface area contributed by atoms with Crippen LogP contribution in [0.25, 0.3) is 0 Å². The molecule has 0 unspecified atom stereocenters. The summed E-state index contributed by atoms with van der Waals surface area (Å²) in [4.78, 5) is 20.2.